The van der Waals surface area contributed by atoms with Crippen LogP contribution in [-0.4, -0.2) is 112 Å². The summed E-state index contributed by atoms with van der Waals surface area (Å²) in [4.78, 5) is 56.6. The first kappa shape index (κ1) is 42.0. The number of phenols is 2. The number of nitrogens with zero attached hydrogens (tertiary/aromatic N) is 3. The van der Waals surface area contributed by atoms with Crippen LogP contribution in [0.15, 0.2) is 91.0 Å². The number of carbonyl (C=O) groups is 4. The van der Waals surface area contributed by atoms with Crippen LogP contribution in [0.5, 0.6) is 17.2 Å². The van der Waals surface area contributed by atoms with Gasteiger partial charge in [0.1, 0.15) is 29.9 Å². The highest BCUT2D eigenvalue weighted by Crippen LogP contribution is 2.37. The van der Waals surface area contributed by atoms with Crippen molar-refractivity contribution in [2.75, 3.05) is 57.1 Å². The van der Waals surface area contributed by atoms with E-state index in [1.54, 1.807) is 36.4 Å². The van der Waals surface area contributed by atoms with Crippen LogP contribution in [0, 0.1) is 5.92 Å². The van der Waals surface area contributed by atoms with Crippen LogP contribution in [0.3, 0.4) is 0 Å². The van der Waals surface area contributed by atoms with E-state index in [0.29, 0.717) is 24.8 Å². The summed E-state index contributed by atoms with van der Waals surface area (Å²) in [6, 6.07) is 26.9. The van der Waals surface area contributed by atoms with Crippen molar-refractivity contribution in [1.82, 2.24) is 20.0 Å². The normalized spacial score (nSPS) is 20.6. The van der Waals surface area contributed by atoms with Crippen molar-refractivity contribution in [1.29, 1.82) is 0 Å². The number of hydrogen-bond acceptors (Lipinski definition) is 10. The molecule has 3 fully saturated rings. The Labute approximate surface area is 361 Å². The Morgan fingerprint density at radius 1 is 0.754 bits per heavy atom. The predicted molar refractivity (Wildman–Crippen MR) is 235 cm³/mol. The number of likely N-dealkylation sites (tertiary alicyclic amines) is 2. The summed E-state index contributed by atoms with van der Waals surface area (Å²) in [5.41, 5.74) is 6.33. The molecule has 8 rings (SSSR count). The van der Waals surface area contributed by atoms with Crippen molar-refractivity contribution in [2.45, 2.75) is 57.0 Å². The monoisotopic (exact) mass is 845 g/mol. The molecule has 3 saturated heterocycles. The number of nitrogens with one attached hydrogen (secondary N) is 2. The van der Waals surface area contributed by atoms with Crippen molar-refractivity contribution in [3.63, 3.8) is 0 Å². The zero-order valence-corrected chi connectivity index (χ0v) is 34.9. The summed E-state index contributed by atoms with van der Waals surface area (Å²) < 4.78 is 6.24. The summed E-state index contributed by atoms with van der Waals surface area (Å²) in [5, 5.41) is 25.8. The number of anilines is 1. The van der Waals surface area contributed by atoms with Crippen molar-refractivity contribution < 1.29 is 34.1 Å². The lowest BCUT2D eigenvalue weighted by Gasteiger charge is -2.38. The first-order valence-corrected chi connectivity index (χ1v) is 21.8. The first-order valence-electron chi connectivity index (χ1n) is 21.3. The van der Waals surface area contributed by atoms with Crippen molar-refractivity contribution in [3.05, 3.63) is 119 Å². The fourth-order valence-corrected chi connectivity index (χ4v) is 9.41. The third kappa shape index (κ3) is 9.77. The minimum absolute atomic E-state index is 0.0901. The van der Waals surface area contributed by atoms with E-state index in [1.165, 1.54) is 0 Å². The lowest BCUT2D eigenvalue weighted by atomic mass is 9.88. The number of aromatic hydroxyl groups is 2. The van der Waals surface area contributed by atoms with Crippen LogP contribution in [-0.2, 0) is 9.59 Å². The van der Waals surface area contributed by atoms with E-state index in [0.717, 1.165) is 109 Å². The van der Waals surface area contributed by atoms with Gasteiger partial charge in [-0.05, 0) is 147 Å². The van der Waals surface area contributed by atoms with Gasteiger partial charge in [0, 0.05) is 43.7 Å². The van der Waals surface area contributed by atoms with Crippen molar-refractivity contribution in [3.8, 4) is 17.2 Å². The van der Waals surface area contributed by atoms with Gasteiger partial charge in [0.15, 0.2) is 0 Å². The number of phenolic OH excluding ortho intramolecular Hbond substituents is 2. The molecule has 0 saturated carbocycles. The summed E-state index contributed by atoms with van der Waals surface area (Å²) in [6.45, 7) is 6.50. The largest absolute Gasteiger partial charge is 0.508 e. The van der Waals surface area contributed by atoms with Gasteiger partial charge in [-0.3, -0.25) is 34.3 Å². The van der Waals surface area contributed by atoms with E-state index in [1.807, 2.05) is 42.5 Å². The van der Waals surface area contributed by atoms with E-state index >= 15 is 0 Å². The number of imide groups is 2. The topological polar surface area (TPSA) is 152 Å². The highest BCUT2D eigenvalue weighted by Gasteiger charge is 2.44. The quantitative estimate of drug-likeness (QED) is 0.0610. The zero-order valence-electron chi connectivity index (χ0n) is 34.2. The van der Waals surface area contributed by atoms with Gasteiger partial charge in [-0.15, -0.1) is 11.6 Å². The van der Waals surface area contributed by atoms with Gasteiger partial charge in [0.2, 0.25) is 11.8 Å². The average molecular weight is 846 g/mol. The second-order valence-electron chi connectivity index (χ2n) is 16.5. The second-order valence-corrected chi connectivity index (χ2v) is 16.9. The predicted octanol–water partition coefficient (Wildman–Crippen LogP) is 6.75. The number of rotatable bonds is 14. The molecule has 0 radical (unpaired) electrons. The molecule has 4 aliphatic rings. The Balaban J connectivity index is 0.805. The molecule has 318 valence electrons. The van der Waals surface area contributed by atoms with Gasteiger partial charge >= 0.3 is 0 Å². The minimum Gasteiger partial charge on any atom is -0.508 e. The molecule has 4 amide bonds. The molecule has 4 aromatic rings. The number of benzene rings is 4. The summed E-state index contributed by atoms with van der Waals surface area (Å²) >= 11 is 6.31. The van der Waals surface area contributed by atoms with Crippen LogP contribution >= 0.6 is 11.6 Å². The molecule has 2 atom stereocenters. The third-order valence-electron chi connectivity index (χ3n) is 12.4. The number of piperidine rings is 3. The number of hydrogen-bond donors (Lipinski definition) is 4. The smallest absolute Gasteiger partial charge is 0.262 e. The molecule has 13 heteroatoms. The lowest BCUT2D eigenvalue weighted by Crippen LogP contribution is -2.54. The summed E-state index contributed by atoms with van der Waals surface area (Å²) in [7, 11) is 0. The van der Waals surface area contributed by atoms with E-state index in [-0.39, 0.29) is 41.5 Å². The molecule has 0 bridgehead atoms. The maximum Gasteiger partial charge on any atom is 0.262 e. The summed E-state index contributed by atoms with van der Waals surface area (Å²) in [6.07, 6.45) is 5.19. The Kier molecular flexibility index (Phi) is 13.0. The first-order chi connectivity index (χ1) is 29.6. The summed E-state index contributed by atoms with van der Waals surface area (Å²) in [5.74, 6) is 0.252. The fraction of sp³-hybridized carbons (Fsp3) is 0.375. The number of fused-ring (bicyclic) bond motifs is 1. The molecule has 0 spiro atoms. The molecule has 4 aliphatic heterocycles. The molecule has 12 nitrogen and oxygen atoms in total. The van der Waals surface area contributed by atoms with E-state index < -0.39 is 29.7 Å². The Hall–Kier alpha value is -5.69. The van der Waals surface area contributed by atoms with Crippen LogP contribution < -0.4 is 15.4 Å². The van der Waals surface area contributed by atoms with E-state index in [2.05, 4.69) is 32.6 Å². The van der Waals surface area contributed by atoms with Crippen LogP contribution in [0.4, 0.5) is 5.69 Å². The van der Waals surface area contributed by atoms with Gasteiger partial charge in [0.05, 0.1) is 11.1 Å². The maximum absolute atomic E-state index is 13.3. The number of allylic oxidation sites excluding steroid dienone is 1. The SMILES string of the molecule is O=C1CCC(N2C(=O)c3ccc(N[C@@H]4CCCN(CC5CCN(CCOc6ccc(C(=C(CCCl)c7ccc(O)cc7)c7ccc(O)cc7)cc6)CC5)C4)cc3C2=O)C(=O)N1. The van der Waals surface area contributed by atoms with Gasteiger partial charge in [-0.2, -0.15) is 0 Å². The number of alkyl halides is 1. The van der Waals surface area contributed by atoms with Gasteiger partial charge in [-0.1, -0.05) is 36.4 Å². The zero-order chi connectivity index (χ0) is 42.5. The Morgan fingerprint density at radius 2 is 1.41 bits per heavy atom. The number of carbonyl (C=O) groups excluding carboxylic acids is 4. The number of halogens is 1. The van der Waals surface area contributed by atoms with Gasteiger partial charge in [-0.25, -0.2) is 0 Å². The Bertz CT molecular complexity index is 2270. The van der Waals surface area contributed by atoms with Gasteiger partial charge < -0.3 is 25.2 Å². The lowest BCUT2D eigenvalue weighted by molar-refractivity contribution is -0.136. The third-order valence-corrected chi connectivity index (χ3v) is 12.6. The highest BCUT2D eigenvalue weighted by atomic mass is 35.5. The van der Waals surface area contributed by atoms with Crippen LogP contribution in [0.25, 0.3) is 11.1 Å². The number of amides is 4. The van der Waals surface area contributed by atoms with Crippen molar-refractivity contribution >= 4 is 52.1 Å². The second kappa shape index (κ2) is 18.9. The van der Waals surface area contributed by atoms with E-state index in [9.17, 15) is 29.4 Å². The molecule has 0 aromatic heterocycles. The Morgan fingerprint density at radius 3 is 2.08 bits per heavy atom. The molecular formula is C48H52ClN5O7. The molecular weight excluding hydrogens is 794 g/mol. The molecule has 4 aromatic carbocycles. The fourth-order valence-electron chi connectivity index (χ4n) is 9.22. The maximum atomic E-state index is 13.3. The van der Waals surface area contributed by atoms with E-state index in [4.69, 9.17) is 16.3 Å². The highest BCUT2D eigenvalue weighted by molar-refractivity contribution is 6.23. The molecule has 4 heterocycles. The molecule has 1 unspecified atom stereocenters. The van der Waals surface area contributed by atoms with Crippen LogP contribution in [0.2, 0.25) is 0 Å². The minimum atomic E-state index is -0.977. The molecule has 0 aliphatic carbocycles. The molecule has 61 heavy (non-hydrogen) atoms. The number of ether oxygens (including phenoxy) is 1. The standard InChI is InChI=1S/C48H52ClN5O7/c49-22-19-40(32-3-10-37(55)11-4-32)45(33-5-12-38(56)13-6-33)34-7-14-39(15-8-34)61-27-26-52-24-20-31(21-25-52)29-53-23-1-2-36(30-53)50-35-9-16-41-42(28-35)48(60)54(47(41)59)43-17-18-44(57)51-46(43)58/h3-16,28,31,36,43,50,55-56H,1-2,17-27,29-30H2,(H,51,57,58)/t36-,43?/m1/s1. The van der Waals surface area contributed by atoms with Gasteiger partial charge in [0.25, 0.3) is 11.8 Å². The van der Waals surface area contributed by atoms with Crippen LogP contribution in [0.1, 0.15) is 82.4 Å². The average Bonchev–Trinajstić information content (AvgIpc) is 3.50. The molecule has 4 N–H and O–H groups in total. The van der Waals surface area contributed by atoms with Crippen molar-refractivity contribution in [2.24, 2.45) is 5.92 Å².